The highest BCUT2D eigenvalue weighted by Gasteiger charge is 2.33. The summed E-state index contributed by atoms with van der Waals surface area (Å²) in [6.45, 7) is 8.21. The lowest BCUT2D eigenvalue weighted by Crippen LogP contribution is -2.53. The van der Waals surface area contributed by atoms with E-state index in [0.29, 0.717) is 18.9 Å². The summed E-state index contributed by atoms with van der Waals surface area (Å²) in [6, 6.07) is 23.1. The van der Waals surface area contributed by atoms with Crippen LogP contribution in [0.2, 0.25) is 0 Å². The number of anilines is 1. The van der Waals surface area contributed by atoms with Crippen LogP contribution in [-0.2, 0) is 32.6 Å². The van der Waals surface area contributed by atoms with Gasteiger partial charge in [-0.1, -0.05) is 86.1 Å². The average molecular weight is 580 g/mol. The van der Waals surface area contributed by atoms with Gasteiger partial charge in [-0.15, -0.1) is 0 Å². The van der Waals surface area contributed by atoms with Gasteiger partial charge < -0.3 is 15.0 Å². The summed E-state index contributed by atoms with van der Waals surface area (Å²) in [5, 5.41) is 2.99. The SMILES string of the molecule is CCOc1ccccc1N(CC(=O)N(Cc1ccc(C)cc1)C(Cc1ccccc1)C(=O)NCC(C)C)S(C)(=O)=O. The average Bonchev–Trinajstić information content (AvgIpc) is 2.93. The molecule has 0 aliphatic rings. The van der Waals surface area contributed by atoms with Gasteiger partial charge in [-0.2, -0.15) is 0 Å². The van der Waals surface area contributed by atoms with Gasteiger partial charge in [0.15, 0.2) is 0 Å². The lowest BCUT2D eigenvalue weighted by molar-refractivity contribution is -0.140. The van der Waals surface area contributed by atoms with E-state index in [0.717, 1.165) is 27.3 Å². The zero-order chi connectivity index (χ0) is 30.0. The van der Waals surface area contributed by atoms with Gasteiger partial charge >= 0.3 is 0 Å². The minimum Gasteiger partial charge on any atom is -0.492 e. The molecule has 0 fully saturated rings. The smallest absolute Gasteiger partial charge is 0.244 e. The summed E-state index contributed by atoms with van der Waals surface area (Å²) in [7, 11) is -3.89. The van der Waals surface area contributed by atoms with Gasteiger partial charge in [0.2, 0.25) is 21.8 Å². The third kappa shape index (κ3) is 9.35. The van der Waals surface area contributed by atoms with Crippen molar-refractivity contribution in [1.82, 2.24) is 10.2 Å². The number of sulfonamides is 1. The maximum atomic E-state index is 14.2. The van der Waals surface area contributed by atoms with Crippen molar-refractivity contribution in [3.05, 3.63) is 95.6 Å². The van der Waals surface area contributed by atoms with Crippen LogP contribution < -0.4 is 14.4 Å². The van der Waals surface area contributed by atoms with E-state index in [9.17, 15) is 18.0 Å². The van der Waals surface area contributed by atoms with Gasteiger partial charge in [0.05, 0.1) is 18.6 Å². The molecule has 0 aliphatic carbocycles. The van der Waals surface area contributed by atoms with Gasteiger partial charge in [-0.05, 0) is 43.0 Å². The standard InChI is InChI=1S/C32H41N3O5S/c1-6-40-30-15-11-10-14-28(30)35(41(5,38)39)23-31(36)34(22-27-18-16-25(4)17-19-27)29(32(37)33-21-24(2)3)20-26-12-8-7-9-13-26/h7-19,24,29H,6,20-23H2,1-5H3,(H,33,37). The molecule has 41 heavy (non-hydrogen) atoms. The molecule has 3 rings (SSSR count). The molecule has 220 valence electrons. The molecule has 0 saturated carbocycles. The number of rotatable bonds is 14. The predicted molar refractivity (Wildman–Crippen MR) is 163 cm³/mol. The van der Waals surface area contributed by atoms with Gasteiger partial charge in [0, 0.05) is 19.5 Å². The van der Waals surface area contributed by atoms with E-state index in [-0.39, 0.29) is 30.5 Å². The number of ether oxygens (including phenoxy) is 1. The molecular weight excluding hydrogens is 538 g/mol. The molecule has 0 aromatic heterocycles. The molecule has 0 aliphatic heterocycles. The van der Waals surface area contributed by atoms with Crippen LogP contribution in [0.1, 0.15) is 37.5 Å². The van der Waals surface area contributed by atoms with Gasteiger partial charge in [0.25, 0.3) is 0 Å². The number of aryl methyl sites for hydroxylation is 1. The van der Waals surface area contributed by atoms with Crippen LogP contribution in [0.4, 0.5) is 5.69 Å². The minimum atomic E-state index is -3.89. The van der Waals surface area contributed by atoms with E-state index in [1.54, 1.807) is 31.2 Å². The van der Waals surface area contributed by atoms with Crippen molar-refractivity contribution in [3.8, 4) is 5.75 Å². The molecule has 1 unspecified atom stereocenters. The number of para-hydroxylation sites is 2. The third-order valence-corrected chi connectivity index (χ3v) is 7.67. The third-order valence-electron chi connectivity index (χ3n) is 6.54. The molecule has 0 spiro atoms. The first kappa shape index (κ1) is 31.7. The summed E-state index contributed by atoms with van der Waals surface area (Å²) < 4.78 is 32.8. The number of nitrogens with zero attached hydrogens (tertiary/aromatic N) is 2. The Kier molecular flexibility index (Phi) is 11.3. The molecule has 0 heterocycles. The van der Waals surface area contributed by atoms with Crippen LogP contribution in [0, 0.1) is 12.8 Å². The predicted octanol–water partition coefficient (Wildman–Crippen LogP) is 4.57. The van der Waals surface area contributed by atoms with Crippen molar-refractivity contribution < 1.29 is 22.7 Å². The topological polar surface area (TPSA) is 96.0 Å². The second kappa shape index (κ2) is 14.7. The van der Waals surface area contributed by atoms with Crippen LogP contribution in [0.25, 0.3) is 0 Å². The molecule has 1 atom stereocenters. The Morgan fingerprint density at radius 1 is 0.902 bits per heavy atom. The Hall–Kier alpha value is -3.85. The van der Waals surface area contributed by atoms with Gasteiger partial charge in [0.1, 0.15) is 18.3 Å². The quantitative estimate of drug-likeness (QED) is 0.302. The fourth-order valence-electron chi connectivity index (χ4n) is 4.40. The molecule has 8 nitrogen and oxygen atoms in total. The van der Waals surface area contributed by atoms with Crippen LogP contribution in [0.5, 0.6) is 5.75 Å². The van der Waals surface area contributed by atoms with Crippen molar-refractivity contribution in [2.24, 2.45) is 5.92 Å². The van der Waals surface area contributed by atoms with Crippen LogP contribution >= 0.6 is 0 Å². The first-order valence-electron chi connectivity index (χ1n) is 13.9. The number of nitrogens with one attached hydrogen (secondary N) is 1. The van der Waals surface area contributed by atoms with E-state index in [1.165, 1.54) is 4.90 Å². The highest BCUT2D eigenvalue weighted by Crippen LogP contribution is 2.30. The fourth-order valence-corrected chi connectivity index (χ4v) is 5.26. The Balaban J connectivity index is 2.06. The van der Waals surface area contributed by atoms with Crippen LogP contribution in [-0.4, -0.2) is 57.1 Å². The van der Waals surface area contributed by atoms with Crippen molar-refractivity contribution in [1.29, 1.82) is 0 Å². The number of carbonyl (C=O) groups is 2. The molecule has 3 aromatic rings. The Morgan fingerprint density at radius 3 is 2.15 bits per heavy atom. The Bertz CT molecular complexity index is 1390. The van der Waals surface area contributed by atoms with Crippen LogP contribution in [0.3, 0.4) is 0 Å². The monoisotopic (exact) mass is 579 g/mol. The highest BCUT2D eigenvalue weighted by molar-refractivity contribution is 7.92. The molecule has 0 saturated heterocycles. The van der Waals surface area contributed by atoms with Gasteiger partial charge in [-0.3, -0.25) is 13.9 Å². The molecule has 3 aromatic carbocycles. The normalized spacial score (nSPS) is 12.0. The van der Waals surface area contributed by atoms with E-state index in [2.05, 4.69) is 5.32 Å². The molecule has 0 bridgehead atoms. The van der Waals surface area contributed by atoms with Crippen LogP contribution in [0.15, 0.2) is 78.9 Å². The van der Waals surface area contributed by atoms with Gasteiger partial charge in [-0.25, -0.2) is 8.42 Å². The number of amides is 2. The first-order valence-corrected chi connectivity index (χ1v) is 15.7. The largest absolute Gasteiger partial charge is 0.492 e. The lowest BCUT2D eigenvalue weighted by atomic mass is 10.0. The first-order chi connectivity index (χ1) is 19.5. The van der Waals surface area contributed by atoms with E-state index < -0.39 is 28.5 Å². The van der Waals surface area contributed by atoms with E-state index >= 15 is 0 Å². The summed E-state index contributed by atoms with van der Waals surface area (Å²) in [5.41, 5.74) is 3.06. The van der Waals surface area contributed by atoms with Crippen molar-refractivity contribution in [2.75, 3.05) is 30.3 Å². The maximum absolute atomic E-state index is 14.2. The highest BCUT2D eigenvalue weighted by atomic mass is 32.2. The molecule has 0 radical (unpaired) electrons. The number of carbonyl (C=O) groups excluding carboxylic acids is 2. The number of benzene rings is 3. The maximum Gasteiger partial charge on any atom is 0.244 e. The molecule has 2 amide bonds. The summed E-state index contributed by atoms with van der Waals surface area (Å²) in [5.74, 6) is -0.214. The molecule has 9 heteroatoms. The number of hydrogen-bond donors (Lipinski definition) is 1. The zero-order valence-corrected chi connectivity index (χ0v) is 25.4. The molecular formula is C32H41N3O5S. The van der Waals surface area contributed by atoms with E-state index in [1.807, 2.05) is 75.4 Å². The molecule has 1 N–H and O–H groups in total. The van der Waals surface area contributed by atoms with Crippen molar-refractivity contribution in [3.63, 3.8) is 0 Å². The fraction of sp³-hybridized carbons (Fsp3) is 0.375. The Morgan fingerprint density at radius 2 is 1.54 bits per heavy atom. The second-order valence-corrected chi connectivity index (χ2v) is 12.4. The zero-order valence-electron chi connectivity index (χ0n) is 24.5. The summed E-state index contributed by atoms with van der Waals surface area (Å²) >= 11 is 0. The lowest BCUT2D eigenvalue weighted by Gasteiger charge is -2.34. The van der Waals surface area contributed by atoms with Crippen molar-refractivity contribution in [2.45, 2.75) is 46.7 Å². The summed E-state index contributed by atoms with van der Waals surface area (Å²) in [6.07, 6.45) is 1.33. The Labute approximate surface area is 244 Å². The summed E-state index contributed by atoms with van der Waals surface area (Å²) in [4.78, 5) is 29.4. The van der Waals surface area contributed by atoms with Crippen molar-refractivity contribution >= 4 is 27.5 Å². The minimum absolute atomic E-state index is 0.135. The number of hydrogen-bond acceptors (Lipinski definition) is 5. The second-order valence-electron chi connectivity index (χ2n) is 10.5. The van der Waals surface area contributed by atoms with E-state index in [4.69, 9.17) is 4.74 Å².